The van der Waals surface area contributed by atoms with Crippen LogP contribution in [0.4, 0.5) is 17.1 Å². The normalized spacial score (nSPS) is 15.5. The summed E-state index contributed by atoms with van der Waals surface area (Å²) in [5.74, 6) is 0. The van der Waals surface area contributed by atoms with E-state index in [9.17, 15) is 0 Å². The monoisotopic (exact) mass is 715 g/mol. The van der Waals surface area contributed by atoms with Crippen LogP contribution in [0.25, 0.3) is 44.5 Å². The van der Waals surface area contributed by atoms with E-state index in [1.54, 1.807) is 0 Å². The summed E-state index contributed by atoms with van der Waals surface area (Å²) in [6.07, 6.45) is 9.31. The van der Waals surface area contributed by atoms with Gasteiger partial charge in [0, 0.05) is 17.1 Å². The number of anilines is 3. The summed E-state index contributed by atoms with van der Waals surface area (Å²) in [5.41, 5.74) is 17.9. The predicted octanol–water partition coefficient (Wildman–Crippen LogP) is 14.7. The van der Waals surface area contributed by atoms with Crippen molar-refractivity contribution in [1.29, 1.82) is 0 Å². The summed E-state index contributed by atoms with van der Waals surface area (Å²) in [7, 11) is 0. The van der Waals surface area contributed by atoms with E-state index in [-0.39, 0.29) is 0 Å². The Morgan fingerprint density at radius 3 is 1.48 bits per heavy atom. The molecular weight excluding hydrogens is 675 g/mol. The average Bonchev–Trinajstić information content (AvgIpc) is 3.58. The maximum absolute atomic E-state index is 2.48. The van der Waals surface area contributed by atoms with Crippen molar-refractivity contribution in [3.8, 4) is 44.5 Å². The molecule has 2 aliphatic rings. The second-order valence-corrected chi connectivity index (χ2v) is 14.8. The zero-order chi connectivity index (χ0) is 37.3. The van der Waals surface area contributed by atoms with Gasteiger partial charge < -0.3 is 4.90 Å². The van der Waals surface area contributed by atoms with Crippen LogP contribution >= 0.6 is 0 Å². The largest absolute Gasteiger partial charge is 0.310 e. The zero-order valence-electron chi connectivity index (χ0n) is 31.2. The molecule has 0 bridgehead atoms. The number of hydrogen-bond donors (Lipinski definition) is 0. The molecule has 0 amide bonds. The van der Waals surface area contributed by atoms with E-state index in [4.69, 9.17) is 0 Å². The van der Waals surface area contributed by atoms with Gasteiger partial charge in [0.15, 0.2) is 0 Å². The molecule has 1 heteroatoms. The highest BCUT2D eigenvalue weighted by molar-refractivity contribution is 5.91. The molecule has 10 rings (SSSR count). The Balaban J connectivity index is 1.23. The van der Waals surface area contributed by atoms with Gasteiger partial charge in [0.1, 0.15) is 0 Å². The van der Waals surface area contributed by atoms with Crippen LogP contribution in [0.3, 0.4) is 0 Å². The fourth-order valence-corrected chi connectivity index (χ4v) is 8.99. The highest BCUT2D eigenvalue weighted by Gasteiger charge is 2.47. The van der Waals surface area contributed by atoms with E-state index in [0.717, 1.165) is 29.9 Å². The summed E-state index contributed by atoms with van der Waals surface area (Å²) in [4.78, 5) is 2.46. The van der Waals surface area contributed by atoms with Crippen LogP contribution < -0.4 is 4.90 Å². The molecule has 1 nitrogen and oxygen atoms in total. The fourth-order valence-electron chi connectivity index (χ4n) is 8.99. The van der Waals surface area contributed by atoms with Gasteiger partial charge in [-0.05, 0) is 122 Å². The Morgan fingerprint density at radius 2 is 0.875 bits per heavy atom. The van der Waals surface area contributed by atoms with Gasteiger partial charge in [-0.3, -0.25) is 0 Å². The van der Waals surface area contributed by atoms with Crippen LogP contribution in [0, 0.1) is 0 Å². The average molecular weight is 716 g/mol. The van der Waals surface area contributed by atoms with Gasteiger partial charge in [0.25, 0.3) is 0 Å². The van der Waals surface area contributed by atoms with Crippen LogP contribution in [0.2, 0.25) is 0 Å². The smallest absolute Gasteiger partial charge is 0.0711 e. The van der Waals surface area contributed by atoms with Crippen LogP contribution in [0.15, 0.2) is 230 Å². The minimum Gasteiger partial charge on any atom is -0.310 e. The molecule has 1 unspecified atom stereocenters. The molecule has 8 aromatic rings. The minimum absolute atomic E-state index is 0.454. The Hall–Kier alpha value is -6.96. The SMILES string of the molecule is C1=CC(C2(c3ccccc3)c3ccccc3-c3ccc(N(c4ccc(-c5ccccc5)cc4)c4cc(-c5ccccc5)cc(-c5ccccc5)c4)cc32)=CCC1. The predicted molar refractivity (Wildman–Crippen MR) is 236 cm³/mol. The van der Waals surface area contributed by atoms with E-state index >= 15 is 0 Å². The molecule has 0 N–H and O–H groups in total. The molecule has 2 aliphatic carbocycles. The number of allylic oxidation sites excluding steroid dienone is 4. The molecule has 0 aromatic heterocycles. The van der Waals surface area contributed by atoms with Crippen molar-refractivity contribution >= 4 is 17.1 Å². The fraction of sp³-hybridized carbons (Fsp3) is 0.0545. The summed E-state index contributed by atoms with van der Waals surface area (Å²) in [5, 5.41) is 0. The second kappa shape index (κ2) is 14.4. The lowest BCUT2D eigenvalue weighted by Gasteiger charge is -2.36. The van der Waals surface area contributed by atoms with Gasteiger partial charge in [0.2, 0.25) is 0 Å². The maximum Gasteiger partial charge on any atom is 0.0711 e. The summed E-state index contributed by atoms with van der Waals surface area (Å²) >= 11 is 0. The first-order valence-corrected chi connectivity index (χ1v) is 19.7. The Labute approximate surface area is 330 Å². The molecule has 0 saturated carbocycles. The number of hydrogen-bond acceptors (Lipinski definition) is 1. The first-order chi connectivity index (χ1) is 27.8. The number of benzene rings is 8. The molecule has 0 fully saturated rings. The minimum atomic E-state index is -0.454. The van der Waals surface area contributed by atoms with Crippen LogP contribution in [-0.2, 0) is 5.41 Å². The van der Waals surface area contributed by atoms with Crippen molar-refractivity contribution < 1.29 is 0 Å². The van der Waals surface area contributed by atoms with Crippen LogP contribution in [0.5, 0.6) is 0 Å². The van der Waals surface area contributed by atoms with Gasteiger partial charge in [-0.1, -0.05) is 182 Å². The van der Waals surface area contributed by atoms with Crippen molar-refractivity contribution in [3.63, 3.8) is 0 Å². The molecule has 0 aliphatic heterocycles. The molecule has 0 radical (unpaired) electrons. The third-order valence-electron chi connectivity index (χ3n) is 11.5. The van der Waals surface area contributed by atoms with Gasteiger partial charge in [0.05, 0.1) is 5.41 Å². The molecule has 0 spiro atoms. The van der Waals surface area contributed by atoms with E-state index in [1.807, 2.05) is 0 Å². The van der Waals surface area contributed by atoms with Gasteiger partial charge in [-0.15, -0.1) is 0 Å². The summed E-state index contributed by atoms with van der Waals surface area (Å²) in [6, 6.07) is 75.6. The lowest BCUT2D eigenvalue weighted by Crippen LogP contribution is -2.29. The van der Waals surface area contributed by atoms with Gasteiger partial charge in [-0.2, -0.15) is 0 Å². The van der Waals surface area contributed by atoms with Gasteiger partial charge in [-0.25, -0.2) is 0 Å². The molecule has 1 atom stereocenters. The van der Waals surface area contributed by atoms with Crippen molar-refractivity contribution in [2.75, 3.05) is 4.90 Å². The molecule has 266 valence electrons. The highest BCUT2D eigenvalue weighted by Crippen LogP contribution is 2.58. The summed E-state index contributed by atoms with van der Waals surface area (Å²) < 4.78 is 0. The van der Waals surface area contributed by atoms with Crippen LogP contribution in [-0.4, -0.2) is 0 Å². The Morgan fingerprint density at radius 1 is 0.357 bits per heavy atom. The zero-order valence-corrected chi connectivity index (χ0v) is 31.2. The third kappa shape index (κ3) is 5.81. The lowest BCUT2D eigenvalue weighted by molar-refractivity contribution is 0.751. The van der Waals surface area contributed by atoms with Crippen molar-refractivity contribution in [2.45, 2.75) is 18.3 Å². The number of fused-ring (bicyclic) bond motifs is 3. The highest BCUT2D eigenvalue weighted by atomic mass is 15.1. The molecule has 8 aromatic carbocycles. The van der Waals surface area contributed by atoms with Crippen LogP contribution in [0.1, 0.15) is 29.5 Å². The van der Waals surface area contributed by atoms with E-state index in [2.05, 4.69) is 229 Å². The Kier molecular flexibility index (Phi) is 8.61. The Bertz CT molecular complexity index is 2650. The third-order valence-corrected chi connectivity index (χ3v) is 11.5. The standard InChI is InChI=1S/C55H41N/c1-6-18-40(19-7-1)43-30-32-48(33-31-43)56(50-37-44(41-20-8-2-9-21-41)36-45(38-50)42-22-10-3-11-23-42)49-34-35-52-51-28-16-17-29-53(51)55(54(52)39-49,46-24-12-4-13-25-46)47-26-14-5-15-27-47/h1-4,6-14,16-39H,5,15H2. The van der Waals surface area contributed by atoms with E-state index in [0.29, 0.717) is 0 Å². The van der Waals surface area contributed by atoms with Crippen molar-refractivity contribution in [1.82, 2.24) is 0 Å². The molecule has 0 saturated heterocycles. The topological polar surface area (TPSA) is 3.24 Å². The van der Waals surface area contributed by atoms with E-state index < -0.39 is 5.41 Å². The maximum atomic E-state index is 2.48. The molecule has 56 heavy (non-hydrogen) atoms. The first kappa shape index (κ1) is 33.6. The summed E-state index contributed by atoms with van der Waals surface area (Å²) in [6.45, 7) is 0. The van der Waals surface area contributed by atoms with Gasteiger partial charge >= 0.3 is 0 Å². The number of rotatable bonds is 8. The molecule has 0 heterocycles. The van der Waals surface area contributed by atoms with Crippen molar-refractivity contribution in [2.24, 2.45) is 0 Å². The number of nitrogens with zero attached hydrogens (tertiary/aromatic N) is 1. The first-order valence-electron chi connectivity index (χ1n) is 19.7. The lowest BCUT2D eigenvalue weighted by atomic mass is 9.66. The molecular formula is C55H41N. The van der Waals surface area contributed by atoms with Crippen molar-refractivity contribution in [3.05, 3.63) is 247 Å². The quantitative estimate of drug-likeness (QED) is 0.151. The second-order valence-electron chi connectivity index (χ2n) is 14.8. The van der Waals surface area contributed by atoms with E-state index in [1.165, 1.54) is 66.8 Å².